The molecule has 32 heavy (non-hydrogen) atoms. The zero-order valence-corrected chi connectivity index (χ0v) is 17.1. The van der Waals surface area contributed by atoms with Gasteiger partial charge in [0.25, 0.3) is 5.89 Å². The third kappa shape index (κ3) is 2.94. The second-order valence-electron chi connectivity index (χ2n) is 7.17. The van der Waals surface area contributed by atoms with Crippen molar-refractivity contribution in [3.63, 3.8) is 0 Å². The molecular weight excluding hydrogens is 434 g/mol. The molecule has 1 aliphatic heterocycles. The number of pyridine rings is 1. The van der Waals surface area contributed by atoms with Crippen molar-refractivity contribution < 1.29 is 9.21 Å². The SMILES string of the molecule is O=C(c1nnc(-c2cnccn2)o1)N1CCc2[nH]cnc2[C@H]1c1cc2cccc(Cl)n2n1. The smallest absolute Gasteiger partial charge is 0.312 e. The highest BCUT2D eigenvalue weighted by atomic mass is 35.5. The van der Waals surface area contributed by atoms with Crippen LogP contribution >= 0.6 is 11.6 Å². The second-order valence-corrected chi connectivity index (χ2v) is 7.56. The van der Waals surface area contributed by atoms with E-state index < -0.39 is 11.9 Å². The lowest BCUT2D eigenvalue weighted by Crippen LogP contribution is -2.41. The third-order valence-electron chi connectivity index (χ3n) is 5.32. The molecule has 12 heteroatoms. The Morgan fingerprint density at radius 3 is 3.00 bits per heavy atom. The fourth-order valence-electron chi connectivity index (χ4n) is 3.88. The number of amides is 1. The Labute approximate surface area is 185 Å². The summed E-state index contributed by atoms with van der Waals surface area (Å²) >= 11 is 6.30. The fourth-order valence-corrected chi connectivity index (χ4v) is 4.08. The molecule has 1 aliphatic rings. The number of nitrogens with zero attached hydrogens (tertiary/aromatic N) is 8. The van der Waals surface area contributed by atoms with E-state index in [2.05, 4.69) is 35.2 Å². The molecule has 0 spiro atoms. The van der Waals surface area contributed by atoms with Crippen LogP contribution in [-0.4, -0.2) is 57.1 Å². The molecule has 6 rings (SSSR count). The van der Waals surface area contributed by atoms with Gasteiger partial charge < -0.3 is 14.3 Å². The molecule has 11 nitrogen and oxygen atoms in total. The number of carbonyl (C=O) groups excluding carboxylic acids is 1. The first-order valence-electron chi connectivity index (χ1n) is 9.76. The minimum absolute atomic E-state index is 0.120. The molecular formula is C20H14ClN9O2. The molecule has 5 aromatic heterocycles. The monoisotopic (exact) mass is 447 g/mol. The maximum atomic E-state index is 13.4. The molecule has 0 saturated heterocycles. The number of rotatable bonds is 3. The number of hydrogen-bond acceptors (Lipinski definition) is 8. The van der Waals surface area contributed by atoms with Gasteiger partial charge in [0.2, 0.25) is 0 Å². The highest BCUT2D eigenvalue weighted by molar-refractivity contribution is 6.29. The van der Waals surface area contributed by atoms with E-state index in [1.54, 1.807) is 21.8 Å². The van der Waals surface area contributed by atoms with Crippen molar-refractivity contribution in [1.82, 2.24) is 44.6 Å². The number of fused-ring (bicyclic) bond motifs is 2. The van der Waals surface area contributed by atoms with Crippen LogP contribution in [0.25, 0.3) is 17.1 Å². The zero-order chi connectivity index (χ0) is 21.7. The summed E-state index contributed by atoms with van der Waals surface area (Å²) in [6, 6.07) is 6.84. The van der Waals surface area contributed by atoms with Gasteiger partial charge in [-0.2, -0.15) is 5.10 Å². The first kappa shape index (κ1) is 18.6. The maximum Gasteiger partial charge on any atom is 0.312 e. The zero-order valence-electron chi connectivity index (χ0n) is 16.4. The quantitative estimate of drug-likeness (QED) is 0.417. The summed E-state index contributed by atoms with van der Waals surface area (Å²) < 4.78 is 7.25. The summed E-state index contributed by atoms with van der Waals surface area (Å²) in [4.78, 5) is 30.8. The van der Waals surface area contributed by atoms with Gasteiger partial charge in [0, 0.05) is 31.1 Å². The Morgan fingerprint density at radius 1 is 1.22 bits per heavy atom. The van der Waals surface area contributed by atoms with Gasteiger partial charge >= 0.3 is 11.8 Å². The van der Waals surface area contributed by atoms with Gasteiger partial charge in [0.05, 0.1) is 29.4 Å². The van der Waals surface area contributed by atoms with Crippen LogP contribution in [0.3, 0.4) is 0 Å². The fraction of sp³-hybridized carbons (Fsp3) is 0.150. The Kier molecular flexibility index (Phi) is 4.21. The summed E-state index contributed by atoms with van der Waals surface area (Å²) in [5.74, 6) is -0.444. The van der Waals surface area contributed by atoms with Crippen molar-refractivity contribution in [2.45, 2.75) is 12.5 Å². The molecule has 5 aromatic rings. The molecule has 0 radical (unpaired) electrons. The molecule has 0 fully saturated rings. The van der Waals surface area contributed by atoms with E-state index in [1.165, 1.54) is 18.6 Å². The predicted octanol–water partition coefficient (Wildman–Crippen LogP) is 2.34. The van der Waals surface area contributed by atoms with Gasteiger partial charge in [-0.05, 0) is 18.2 Å². The molecule has 0 bridgehead atoms. The van der Waals surface area contributed by atoms with Gasteiger partial charge in [-0.25, -0.2) is 14.5 Å². The molecule has 0 aliphatic carbocycles. The molecule has 0 unspecified atom stereocenters. The van der Waals surface area contributed by atoms with E-state index in [9.17, 15) is 4.79 Å². The van der Waals surface area contributed by atoms with Crippen LogP contribution in [0.5, 0.6) is 0 Å². The average molecular weight is 448 g/mol. The lowest BCUT2D eigenvalue weighted by Gasteiger charge is -2.32. The first-order valence-corrected chi connectivity index (χ1v) is 10.1. The van der Waals surface area contributed by atoms with Crippen LogP contribution in [0.2, 0.25) is 5.15 Å². The number of halogens is 1. The summed E-state index contributed by atoms with van der Waals surface area (Å²) in [7, 11) is 0. The molecule has 1 N–H and O–H groups in total. The van der Waals surface area contributed by atoms with E-state index in [0.717, 1.165) is 16.9 Å². The van der Waals surface area contributed by atoms with Crippen molar-refractivity contribution in [3.8, 4) is 11.6 Å². The molecule has 6 heterocycles. The summed E-state index contributed by atoms with van der Waals surface area (Å²) in [5, 5.41) is 13.0. The van der Waals surface area contributed by atoms with Crippen molar-refractivity contribution in [2.24, 2.45) is 0 Å². The standard InChI is InChI=1S/C20H14ClN9O2/c21-15-3-1-2-11-8-13(28-30(11)15)17-16-12(24-10-25-16)4-7-29(17)20(31)19-27-26-18(32-19)14-9-22-5-6-23-14/h1-3,5-6,8-10,17H,4,7H2,(H,24,25)/t17-/m1/s1. The summed E-state index contributed by atoms with van der Waals surface area (Å²) in [5.41, 5.74) is 3.50. The van der Waals surface area contributed by atoms with E-state index in [-0.39, 0.29) is 11.8 Å². The number of aromatic amines is 1. The summed E-state index contributed by atoms with van der Waals surface area (Å²) in [6.07, 6.45) is 6.76. The van der Waals surface area contributed by atoms with Gasteiger partial charge in [0.1, 0.15) is 16.9 Å². The number of aromatic nitrogens is 8. The van der Waals surface area contributed by atoms with E-state index in [1.807, 2.05) is 18.2 Å². The van der Waals surface area contributed by atoms with E-state index in [0.29, 0.717) is 29.5 Å². The Bertz CT molecular complexity index is 1440. The molecule has 1 amide bonds. The molecule has 1 atom stereocenters. The lowest BCUT2D eigenvalue weighted by atomic mass is 9.99. The minimum atomic E-state index is -0.541. The Hall–Kier alpha value is -4.12. The highest BCUT2D eigenvalue weighted by Crippen LogP contribution is 2.34. The Morgan fingerprint density at radius 2 is 2.16 bits per heavy atom. The predicted molar refractivity (Wildman–Crippen MR) is 111 cm³/mol. The minimum Gasteiger partial charge on any atom is -0.411 e. The van der Waals surface area contributed by atoms with E-state index >= 15 is 0 Å². The largest absolute Gasteiger partial charge is 0.411 e. The topological polar surface area (TPSA) is 131 Å². The number of hydrogen-bond donors (Lipinski definition) is 1. The second kappa shape index (κ2) is 7.24. The van der Waals surface area contributed by atoms with E-state index in [4.69, 9.17) is 16.0 Å². The van der Waals surface area contributed by atoms with Crippen LogP contribution in [0.4, 0.5) is 0 Å². The molecule has 0 saturated carbocycles. The van der Waals surface area contributed by atoms with Crippen LogP contribution in [-0.2, 0) is 6.42 Å². The van der Waals surface area contributed by atoms with Crippen molar-refractivity contribution >= 4 is 23.0 Å². The first-order chi connectivity index (χ1) is 15.7. The number of carbonyl (C=O) groups is 1. The Balaban J connectivity index is 1.41. The average Bonchev–Trinajstić information content (AvgIpc) is 3.58. The third-order valence-corrected chi connectivity index (χ3v) is 5.60. The van der Waals surface area contributed by atoms with Crippen molar-refractivity contribution in [2.75, 3.05) is 6.54 Å². The van der Waals surface area contributed by atoms with Gasteiger partial charge in [-0.3, -0.25) is 9.78 Å². The van der Waals surface area contributed by atoms with Crippen molar-refractivity contribution in [1.29, 1.82) is 0 Å². The lowest BCUT2D eigenvalue weighted by molar-refractivity contribution is 0.0646. The van der Waals surface area contributed by atoms with Crippen molar-refractivity contribution in [3.05, 3.63) is 77.3 Å². The van der Waals surface area contributed by atoms with Crippen LogP contribution in [0, 0.1) is 0 Å². The maximum absolute atomic E-state index is 13.4. The summed E-state index contributed by atoms with van der Waals surface area (Å²) in [6.45, 7) is 0.420. The van der Waals surface area contributed by atoms with Gasteiger partial charge in [-0.15, -0.1) is 10.2 Å². The normalized spacial score (nSPS) is 15.8. The molecule has 158 valence electrons. The highest BCUT2D eigenvalue weighted by Gasteiger charge is 2.38. The van der Waals surface area contributed by atoms with Gasteiger partial charge in [0.15, 0.2) is 0 Å². The number of nitrogens with one attached hydrogen (secondary N) is 1. The van der Waals surface area contributed by atoms with Gasteiger partial charge in [-0.1, -0.05) is 17.7 Å². The number of imidazole rings is 1. The van der Waals surface area contributed by atoms with Crippen LogP contribution in [0.15, 0.2) is 53.6 Å². The molecule has 0 aromatic carbocycles. The van der Waals surface area contributed by atoms with Crippen LogP contribution < -0.4 is 0 Å². The number of H-pyrrole nitrogens is 1. The van der Waals surface area contributed by atoms with Crippen LogP contribution in [0.1, 0.15) is 33.8 Å².